The van der Waals surface area contributed by atoms with E-state index in [0.29, 0.717) is 26.2 Å². The number of amides is 2. The van der Waals surface area contributed by atoms with Gasteiger partial charge in [0.05, 0.1) is 13.2 Å². The number of carbonyl (C=O) groups excluding carboxylic acids is 1. The number of primary sulfonamides is 1. The second-order valence-electron chi connectivity index (χ2n) is 15.5. The number of nitrogens with two attached hydrogens (primary N) is 1. The number of likely N-dealkylation sites (tertiary alicyclic amines) is 2. The monoisotopic (exact) mass is 786 g/mol. The van der Waals surface area contributed by atoms with Crippen LogP contribution in [0.4, 0.5) is 10.5 Å². The Hall–Kier alpha value is -3.30. The lowest BCUT2D eigenvalue weighted by Crippen LogP contribution is -2.61. The van der Waals surface area contributed by atoms with Gasteiger partial charge in [-0.2, -0.15) is 0 Å². The van der Waals surface area contributed by atoms with Gasteiger partial charge in [0.25, 0.3) is 6.26 Å². The number of benzene rings is 2. The van der Waals surface area contributed by atoms with Crippen LogP contribution in [0.25, 0.3) is 0 Å². The number of nitrogens with one attached hydrogen (secondary N) is 2. The van der Waals surface area contributed by atoms with Gasteiger partial charge in [0, 0.05) is 44.0 Å². The Labute approximate surface area is 319 Å². The second kappa shape index (κ2) is 16.8. The van der Waals surface area contributed by atoms with Crippen molar-refractivity contribution in [1.82, 2.24) is 14.5 Å². The van der Waals surface area contributed by atoms with Crippen LogP contribution >= 0.6 is 0 Å². The van der Waals surface area contributed by atoms with Crippen molar-refractivity contribution in [2.24, 2.45) is 5.14 Å². The number of ether oxygens (including phenoxy) is 1. The molecular weight excluding hydrogens is 733 g/mol. The molecule has 2 aromatic carbocycles. The largest absolute Gasteiger partial charge is 0.395 e. The van der Waals surface area contributed by atoms with Crippen molar-refractivity contribution in [3.05, 3.63) is 56.6 Å². The summed E-state index contributed by atoms with van der Waals surface area (Å²) in [6.07, 6.45) is 14.8. The van der Waals surface area contributed by atoms with Crippen LogP contribution in [0.1, 0.15) is 84.0 Å². The Morgan fingerprint density at radius 2 is 1.19 bits per heavy atom. The van der Waals surface area contributed by atoms with Crippen LogP contribution in [0, 0.1) is 11.5 Å². The third-order valence-electron chi connectivity index (χ3n) is 11.9. The normalized spacial score (nSPS) is 20.3. The smallest absolute Gasteiger partial charge is 0.332 e. The maximum atomic E-state index is 12.5. The minimum atomic E-state index is -3.73. The quantitative estimate of drug-likeness (QED) is 0.232. The van der Waals surface area contributed by atoms with Crippen molar-refractivity contribution in [3.8, 4) is 12.0 Å². The van der Waals surface area contributed by atoms with Crippen LogP contribution in [0.3, 0.4) is 0 Å². The minimum absolute atomic E-state index is 0.00902. The molecule has 2 atom stereocenters. The Balaban J connectivity index is 0.000000154. The van der Waals surface area contributed by atoms with Crippen LogP contribution in [0.15, 0.2) is 12.1 Å². The van der Waals surface area contributed by atoms with Crippen LogP contribution < -0.4 is 19.9 Å². The van der Waals surface area contributed by atoms with Gasteiger partial charge in [0.2, 0.25) is 20.0 Å². The third-order valence-corrected chi connectivity index (χ3v) is 14.8. The van der Waals surface area contributed by atoms with Crippen molar-refractivity contribution < 1.29 is 36.6 Å². The van der Waals surface area contributed by atoms with E-state index in [-0.39, 0.29) is 25.3 Å². The van der Waals surface area contributed by atoms with E-state index < -0.39 is 36.6 Å². The highest BCUT2D eigenvalue weighted by Crippen LogP contribution is 2.40. The molecule has 0 saturated carbocycles. The highest BCUT2D eigenvalue weighted by atomic mass is 32.2. The summed E-state index contributed by atoms with van der Waals surface area (Å²) in [7, 11) is -7.10. The van der Waals surface area contributed by atoms with Crippen molar-refractivity contribution >= 4 is 31.8 Å². The van der Waals surface area contributed by atoms with Gasteiger partial charge in [-0.1, -0.05) is 12.1 Å². The molecular formula is C38H54N6O8S2. The number of carbonyl (C=O) groups is 1. The number of urea groups is 1. The molecule has 0 spiro atoms. The van der Waals surface area contributed by atoms with Gasteiger partial charge in [-0.25, -0.2) is 31.5 Å². The number of aryl methyl sites for hydroxylation is 4. The van der Waals surface area contributed by atoms with Gasteiger partial charge in [-0.3, -0.25) is 9.80 Å². The second-order valence-corrected chi connectivity index (χ2v) is 19.3. The first-order chi connectivity index (χ1) is 25.7. The van der Waals surface area contributed by atoms with Gasteiger partial charge in [-0.15, -0.1) is 5.26 Å². The number of nitrogens with zero attached hydrogens (tertiary/aromatic N) is 3. The zero-order valence-electron chi connectivity index (χ0n) is 31.3. The number of nitriles is 1. The lowest BCUT2D eigenvalue weighted by Gasteiger charge is -2.41. The summed E-state index contributed by atoms with van der Waals surface area (Å²) >= 11 is 0. The number of hydrogen-bond acceptors (Lipinski definition) is 11. The summed E-state index contributed by atoms with van der Waals surface area (Å²) in [5.41, 5.74) is 11.2. The van der Waals surface area contributed by atoms with E-state index in [0.717, 1.165) is 75.6 Å². The maximum Gasteiger partial charge on any atom is 0.332 e. The van der Waals surface area contributed by atoms with Gasteiger partial charge in [0.15, 0.2) is 0 Å². The molecule has 2 aromatic rings. The molecule has 2 fully saturated rings. The van der Waals surface area contributed by atoms with E-state index in [1.165, 1.54) is 57.3 Å². The number of rotatable bonds is 9. The van der Waals surface area contributed by atoms with Crippen LogP contribution in [-0.2, 0) is 71.4 Å². The Bertz CT molecular complexity index is 1920. The third kappa shape index (κ3) is 8.72. The molecule has 4 aliphatic carbocycles. The summed E-state index contributed by atoms with van der Waals surface area (Å²) in [5, 5.41) is 33.3. The topological polar surface area (TPSA) is 215 Å². The molecule has 54 heavy (non-hydrogen) atoms. The van der Waals surface area contributed by atoms with Gasteiger partial charge >= 0.3 is 6.03 Å². The number of hydrogen-bond donors (Lipinski definition) is 5. The zero-order chi connectivity index (χ0) is 38.8. The van der Waals surface area contributed by atoms with Crippen molar-refractivity contribution in [2.75, 3.05) is 44.7 Å². The fourth-order valence-electron chi connectivity index (χ4n) is 8.55. The van der Waals surface area contributed by atoms with Gasteiger partial charge in [-0.05, 0) is 135 Å². The van der Waals surface area contributed by atoms with E-state index in [4.69, 9.17) is 25.4 Å². The summed E-state index contributed by atoms with van der Waals surface area (Å²) in [6, 6.07) is 3.91. The number of sulfonamides is 2. The predicted octanol–water partition coefficient (Wildman–Crippen LogP) is 2.04. The molecule has 0 bridgehead atoms. The Morgan fingerprint density at radius 1 is 0.778 bits per heavy atom. The van der Waals surface area contributed by atoms with Gasteiger partial charge < -0.3 is 20.3 Å². The van der Waals surface area contributed by atoms with E-state index in [9.17, 15) is 21.6 Å². The number of fused-ring (bicyclic) bond motifs is 4. The molecule has 2 amide bonds. The lowest BCUT2D eigenvalue weighted by molar-refractivity contribution is 0.0846. The number of aliphatic hydroxyl groups is 2. The summed E-state index contributed by atoms with van der Waals surface area (Å²) in [4.78, 5) is 16.3. The average molecular weight is 787 g/mol. The van der Waals surface area contributed by atoms with E-state index in [2.05, 4.69) is 22.2 Å². The van der Waals surface area contributed by atoms with Crippen molar-refractivity contribution in [1.29, 1.82) is 5.26 Å². The lowest BCUT2D eigenvalue weighted by atomic mass is 9.99. The molecule has 2 saturated heterocycles. The molecule has 0 aromatic heterocycles. The summed E-state index contributed by atoms with van der Waals surface area (Å²) in [6.45, 7) is 5.29. The van der Waals surface area contributed by atoms with Crippen molar-refractivity contribution in [2.45, 2.75) is 113 Å². The zero-order valence-corrected chi connectivity index (χ0v) is 32.9. The first-order valence-corrected chi connectivity index (χ1v) is 22.3. The molecule has 296 valence electrons. The van der Waals surface area contributed by atoms with E-state index in [1.807, 2.05) is 29.9 Å². The molecule has 2 heterocycles. The Kier molecular flexibility index (Phi) is 12.6. The summed E-state index contributed by atoms with van der Waals surface area (Å²) < 4.78 is 53.9. The minimum Gasteiger partial charge on any atom is -0.395 e. The number of anilines is 1. The molecule has 6 aliphatic rings. The highest BCUT2D eigenvalue weighted by Gasteiger charge is 2.40. The maximum absolute atomic E-state index is 12.5. The van der Waals surface area contributed by atoms with Crippen LogP contribution in [0.5, 0.6) is 5.75 Å². The molecule has 16 heteroatoms. The molecule has 0 radical (unpaired) electrons. The molecule has 2 aliphatic heterocycles. The molecule has 14 nitrogen and oxygen atoms in total. The van der Waals surface area contributed by atoms with Gasteiger partial charge in [0.1, 0.15) is 16.2 Å². The fraction of sp³-hybridized carbons (Fsp3) is 0.632. The highest BCUT2D eigenvalue weighted by molar-refractivity contribution is 7.90. The van der Waals surface area contributed by atoms with Crippen molar-refractivity contribution in [3.63, 3.8) is 0 Å². The number of aliphatic hydroxyl groups excluding tert-OH is 2. The Morgan fingerprint density at radius 3 is 1.59 bits per heavy atom. The first-order valence-electron chi connectivity index (χ1n) is 19.2. The first kappa shape index (κ1) is 40.4. The molecule has 8 rings (SSSR count). The van der Waals surface area contributed by atoms with E-state index >= 15 is 0 Å². The fourth-order valence-corrected chi connectivity index (χ4v) is 10.6. The standard InChI is InChI=1S/C19H27N3O4S.C13H13NO.C6H14N2O3S/c1-12(11-23)22-9-15(10-22)27(25,26)21-19(24)20-18-16-6-2-4-13(16)8-14-5-3-7-17(14)18;14-8-15-13-11-5-1-3-9(11)7-10-4-2-6-12(10)13;1-5(4-9)8-2-6(3-8)12(7,10)11/h8,12,15,23H,2-7,9-11H2,1H3,(H2,20,21,24);7H,1-6H2;5-6,9H,2-4H2,1H3,(H2,7,10,11). The van der Waals surface area contributed by atoms with Crippen LogP contribution in [-0.4, -0.2) is 105 Å². The van der Waals surface area contributed by atoms with Crippen LogP contribution in [0.2, 0.25) is 0 Å². The van der Waals surface area contributed by atoms with E-state index in [1.54, 1.807) is 0 Å². The molecule has 2 unspecified atom stereocenters. The predicted molar refractivity (Wildman–Crippen MR) is 205 cm³/mol. The SMILES string of the molecule is CC(CO)N1CC(S(=O)(=O)NC(=O)Nc2c3c(cc4c2CCC4)CCC3)C1.CC(CO)N1CC(S(N)(=O)=O)C1.N#COc1c2c(cc3c1CCC3)CCC2. The average Bonchev–Trinajstić information content (AvgIpc) is 3.90. The molecule has 6 N–H and O–H groups in total. The summed E-state index contributed by atoms with van der Waals surface area (Å²) in [5.74, 6) is 0.903.